The number of nitrogens with one attached hydrogen (secondary N) is 1. The van der Waals surface area contributed by atoms with Gasteiger partial charge in [-0.05, 0) is 62.1 Å². The van der Waals surface area contributed by atoms with Gasteiger partial charge in [-0.25, -0.2) is 0 Å². The van der Waals surface area contributed by atoms with Crippen molar-refractivity contribution in [2.75, 3.05) is 12.9 Å². The van der Waals surface area contributed by atoms with Crippen LogP contribution in [0.4, 0.5) is 0 Å². The molecule has 104 valence electrons. The zero-order chi connectivity index (χ0) is 13.7. The van der Waals surface area contributed by atoms with Crippen molar-refractivity contribution in [3.05, 3.63) is 29.8 Å². The Hall–Kier alpha value is -1.00. The number of hydrogen-bond acceptors (Lipinski definition) is 3. The third kappa shape index (κ3) is 3.98. The molecule has 1 aromatic carbocycles. The van der Waals surface area contributed by atoms with Crippen LogP contribution in [0.25, 0.3) is 0 Å². The van der Waals surface area contributed by atoms with Crippen LogP contribution >= 0.6 is 11.8 Å². The quantitative estimate of drug-likeness (QED) is 0.833. The molecule has 4 heteroatoms. The van der Waals surface area contributed by atoms with Crippen LogP contribution in [0.1, 0.15) is 36.0 Å². The van der Waals surface area contributed by atoms with E-state index in [1.807, 2.05) is 30.5 Å². The van der Waals surface area contributed by atoms with Crippen LogP contribution in [0.5, 0.6) is 0 Å². The summed E-state index contributed by atoms with van der Waals surface area (Å²) in [7, 11) is 0. The Bertz CT molecular complexity index is 411. The van der Waals surface area contributed by atoms with Crippen molar-refractivity contribution in [2.24, 2.45) is 5.92 Å². The third-order valence-electron chi connectivity index (χ3n) is 3.79. The maximum absolute atomic E-state index is 12.1. The summed E-state index contributed by atoms with van der Waals surface area (Å²) >= 11 is 1.67. The summed E-state index contributed by atoms with van der Waals surface area (Å²) in [6.07, 6.45) is 5.98. The van der Waals surface area contributed by atoms with E-state index in [4.69, 9.17) is 5.11 Å². The zero-order valence-corrected chi connectivity index (χ0v) is 12.1. The lowest BCUT2D eigenvalue weighted by atomic mass is 9.86. The summed E-state index contributed by atoms with van der Waals surface area (Å²) in [5, 5.41) is 12.2. The molecule has 19 heavy (non-hydrogen) atoms. The standard InChI is InChI=1S/C15H21NO2S/c1-19-14-8-4-12(5-9-14)15(18)16-13-6-2-11(10-17)3-7-13/h4-5,8-9,11,13,17H,2-3,6-7,10H2,1H3,(H,16,18). The highest BCUT2D eigenvalue weighted by Crippen LogP contribution is 2.24. The number of carbonyl (C=O) groups excluding carboxylic acids is 1. The van der Waals surface area contributed by atoms with Crippen molar-refractivity contribution in [3.63, 3.8) is 0 Å². The van der Waals surface area contributed by atoms with Crippen LogP contribution < -0.4 is 5.32 Å². The monoisotopic (exact) mass is 279 g/mol. The van der Waals surface area contributed by atoms with Crippen molar-refractivity contribution in [1.29, 1.82) is 0 Å². The van der Waals surface area contributed by atoms with Crippen molar-refractivity contribution in [2.45, 2.75) is 36.6 Å². The molecular formula is C15H21NO2S. The van der Waals surface area contributed by atoms with E-state index in [2.05, 4.69) is 5.32 Å². The Balaban J connectivity index is 1.87. The van der Waals surface area contributed by atoms with Gasteiger partial charge in [-0.3, -0.25) is 4.79 Å². The van der Waals surface area contributed by atoms with E-state index in [1.165, 1.54) is 4.90 Å². The molecule has 0 heterocycles. The summed E-state index contributed by atoms with van der Waals surface area (Å²) in [4.78, 5) is 13.3. The molecule has 1 aliphatic rings. The molecule has 1 aliphatic carbocycles. The lowest BCUT2D eigenvalue weighted by Crippen LogP contribution is -2.38. The third-order valence-corrected chi connectivity index (χ3v) is 4.54. The van der Waals surface area contributed by atoms with Gasteiger partial charge in [0.2, 0.25) is 0 Å². The van der Waals surface area contributed by atoms with Crippen molar-refractivity contribution in [3.8, 4) is 0 Å². The number of rotatable bonds is 4. The van der Waals surface area contributed by atoms with Gasteiger partial charge in [0.15, 0.2) is 0 Å². The average Bonchev–Trinajstić information content (AvgIpc) is 2.48. The topological polar surface area (TPSA) is 49.3 Å². The second-order valence-electron chi connectivity index (χ2n) is 5.10. The fourth-order valence-corrected chi connectivity index (χ4v) is 2.91. The molecule has 1 amide bonds. The summed E-state index contributed by atoms with van der Waals surface area (Å²) in [6, 6.07) is 7.96. The minimum Gasteiger partial charge on any atom is -0.396 e. The molecule has 0 saturated heterocycles. The second-order valence-corrected chi connectivity index (χ2v) is 5.98. The van der Waals surface area contributed by atoms with Crippen molar-refractivity contribution >= 4 is 17.7 Å². The van der Waals surface area contributed by atoms with Gasteiger partial charge in [-0.2, -0.15) is 0 Å². The summed E-state index contributed by atoms with van der Waals surface area (Å²) in [5.74, 6) is 0.439. The molecule has 2 N–H and O–H groups in total. The highest BCUT2D eigenvalue weighted by molar-refractivity contribution is 7.98. The number of benzene rings is 1. The molecule has 0 radical (unpaired) electrons. The first kappa shape index (κ1) is 14.4. The van der Waals surface area contributed by atoms with E-state index in [1.54, 1.807) is 11.8 Å². The maximum atomic E-state index is 12.1. The Morgan fingerprint density at radius 3 is 2.42 bits per heavy atom. The van der Waals surface area contributed by atoms with Crippen LogP contribution in [-0.4, -0.2) is 29.9 Å². The molecule has 0 aromatic heterocycles. The lowest BCUT2D eigenvalue weighted by Gasteiger charge is -2.27. The normalized spacial score (nSPS) is 23.1. The predicted molar refractivity (Wildman–Crippen MR) is 78.5 cm³/mol. The fraction of sp³-hybridized carbons (Fsp3) is 0.533. The minimum absolute atomic E-state index is 0.0140. The molecule has 1 aromatic rings. The fourth-order valence-electron chi connectivity index (χ4n) is 2.50. The molecule has 0 atom stereocenters. The predicted octanol–water partition coefficient (Wildman–Crippen LogP) is 2.69. The van der Waals surface area contributed by atoms with E-state index in [0.29, 0.717) is 5.92 Å². The highest BCUT2D eigenvalue weighted by atomic mass is 32.2. The number of amides is 1. The molecule has 2 rings (SSSR count). The van der Waals surface area contributed by atoms with Crippen LogP contribution in [-0.2, 0) is 0 Å². The average molecular weight is 279 g/mol. The van der Waals surface area contributed by atoms with Gasteiger partial charge >= 0.3 is 0 Å². The van der Waals surface area contributed by atoms with Gasteiger partial charge in [0.1, 0.15) is 0 Å². The molecule has 1 saturated carbocycles. The van der Waals surface area contributed by atoms with E-state index in [9.17, 15) is 4.79 Å². The first-order chi connectivity index (χ1) is 9.22. The zero-order valence-electron chi connectivity index (χ0n) is 11.3. The lowest BCUT2D eigenvalue weighted by molar-refractivity contribution is 0.0914. The molecule has 0 bridgehead atoms. The Morgan fingerprint density at radius 2 is 1.89 bits per heavy atom. The smallest absolute Gasteiger partial charge is 0.251 e. The van der Waals surface area contributed by atoms with E-state index < -0.39 is 0 Å². The van der Waals surface area contributed by atoms with Gasteiger partial charge in [0, 0.05) is 23.1 Å². The number of hydrogen-bond donors (Lipinski definition) is 2. The maximum Gasteiger partial charge on any atom is 0.251 e. The molecular weight excluding hydrogens is 258 g/mol. The van der Waals surface area contributed by atoms with Gasteiger partial charge in [0.25, 0.3) is 5.91 Å². The first-order valence-electron chi connectivity index (χ1n) is 6.78. The summed E-state index contributed by atoms with van der Waals surface area (Å²) in [6.45, 7) is 0.275. The summed E-state index contributed by atoms with van der Waals surface area (Å²) < 4.78 is 0. The SMILES string of the molecule is CSc1ccc(C(=O)NC2CCC(CO)CC2)cc1. The molecule has 0 spiro atoms. The van der Waals surface area contributed by atoms with Gasteiger partial charge in [-0.1, -0.05) is 0 Å². The van der Waals surface area contributed by atoms with E-state index >= 15 is 0 Å². The number of carbonyl (C=O) groups is 1. The van der Waals surface area contributed by atoms with Crippen LogP contribution in [0.2, 0.25) is 0 Å². The minimum atomic E-state index is 0.0140. The Kier molecular flexibility index (Phi) is 5.28. The Labute approximate surface area is 118 Å². The van der Waals surface area contributed by atoms with E-state index in [-0.39, 0.29) is 18.6 Å². The number of thioether (sulfide) groups is 1. The van der Waals surface area contributed by atoms with Crippen LogP contribution in [0, 0.1) is 5.92 Å². The molecule has 3 nitrogen and oxygen atoms in total. The van der Waals surface area contributed by atoms with Crippen molar-refractivity contribution in [1.82, 2.24) is 5.32 Å². The molecule has 0 aliphatic heterocycles. The van der Waals surface area contributed by atoms with Crippen molar-refractivity contribution < 1.29 is 9.90 Å². The molecule has 0 unspecified atom stereocenters. The summed E-state index contributed by atoms with van der Waals surface area (Å²) in [5.41, 5.74) is 0.724. The van der Waals surface area contributed by atoms with E-state index in [0.717, 1.165) is 31.2 Å². The van der Waals surface area contributed by atoms with Gasteiger partial charge < -0.3 is 10.4 Å². The van der Waals surface area contributed by atoms with Crippen LogP contribution in [0.3, 0.4) is 0 Å². The first-order valence-corrected chi connectivity index (χ1v) is 8.01. The van der Waals surface area contributed by atoms with Gasteiger partial charge in [-0.15, -0.1) is 11.8 Å². The second kappa shape index (κ2) is 6.96. The molecule has 1 fully saturated rings. The van der Waals surface area contributed by atoms with Crippen LogP contribution in [0.15, 0.2) is 29.2 Å². The number of aliphatic hydroxyl groups excluding tert-OH is 1. The highest BCUT2D eigenvalue weighted by Gasteiger charge is 2.22. The Morgan fingerprint density at radius 1 is 1.26 bits per heavy atom. The number of aliphatic hydroxyl groups is 1. The van der Waals surface area contributed by atoms with Gasteiger partial charge in [0.05, 0.1) is 0 Å². The largest absolute Gasteiger partial charge is 0.396 e.